The summed E-state index contributed by atoms with van der Waals surface area (Å²) in [6, 6.07) is 5.89. The average Bonchev–Trinajstić information content (AvgIpc) is 3.10. The van der Waals surface area contributed by atoms with E-state index in [2.05, 4.69) is 0 Å². The fraction of sp³-hybridized carbons (Fsp3) is 0.556. The molecule has 8 heteroatoms. The van der Waals surface area contributed by atoms with Gasteiger partial charge >= 0.3 is 0 Å². The Balaban J connectivity index is 1.87. The van der Waals surface area contributed by atoms with Crippen molar-refractivity contribution < 1.29 is 18.0 Å². The zero-order chi connectivity index (χ0) is 19.3. The summed E-state index contributed by atoms with van der Waals surface area (Å²) in [4.78, 5) is 25.4. The van der Waals surface area contributed by atoms with Gasteiger partial charge in [-0.2, -0.15) is 0 Å². The molecule has 26 heavy (non-hydrogen) atoms. The molecule has 0 aliphatic carbocycles. The Bertz CT molecular complexity index is 746. The van der Waals surface area contributed by atoms with Crippen molar-refractivity contribution in [3.63, 3.8) is 0 Å². The van der Waals surface area contributed by atoms with Gasteiger partial charge in [0, 0.05) is 38.7 Å². The number of hydrogen-bond acceptors (Lipinski definition) is 5. The van der Waals surface area contributed by atoms with Gasteiger partial charge in [-0.15, -0.1) is 0 Å². The lowest BCUT2D eigenvalue weighted by Gasteiger charge is -2.19. The average molecular weight is 381 g/mol. The van der Waals surface area contributed by atoms with Crippen LogP contribution in [0.3, 0.4) is 0 Å². The summed E-state index contributed by atoms with van der Waals surface area (Å²) >= 11 is 0. The minimum Gasteiger partial charge on any atom is -0.342 e. The van der Waals surface area contributed by atoms with Gasteiger partial charge in [-0.1, -0.05) is 12.1 Å². The molecule has 1 aliphatic rings. The molecule has 144 valence electrons. The molecule has 0 bridgehead atoms. The van der Waals surface area contributed by atoms with Gasteiger partial charge in [0.1, 0.15) is 0 Å². The number of rotatable bonds is 8. The predicted molar refractivity (Wildman–Crippen MR) is 99.2 cm³/mol. The number of sulfonamides is 1. The summed E-state index contributed by atoms with van der Waals surface area (Å²) < 4.78 is 26.4. The first kappa shape index (κ1) is 20.5. The molecular formula is C18H27N3O4S. The van der Waals surface area contributed by atoms with Gasteiger partial charge in [-0.05, 0) is 44.4 Å². The number of ketones is 1. The van der Waals surface area contributed by atoms with Crippen molar-refractivity contribution in [3.05, 3.63) is 29.8 Å². The Kier molecular flexibility index (Phi) is 6.91. The number of nitrogens with two attached hydrogens (primary N) is 1. The Morgan fingerprint density at radius 1 is 1.27 bits per heavy atom. The van der Waals surface area contributed by atoms with E-state index in [-0.39, 0.29) is 23.1 Å². The molecule has 1 aliphatic heterocycles. The van der Waals surface area contributed by atoms with Crippen molar-refractivity contribution in [2.75, 3.05) is 33.2 Å². The second-order valence-corrected chi connectivity index (χ2v) is 8.79. The largest absolute Gasteiger partial charge is 0.342 e. The van der Waals surface area contributed by atoms with E-state index >= 15 is 0 Å². The first-order valence-electron chi connectivity index (χ1n) is 8.81. The zero-order valence-corrected chi connectivity index (χ0v) is 16.2. The summed E-state index contributed by atoms with van der Waals surface area (Å²) in [7, 11) is -2.13. The zero-order valence-electron chi connectivity index (χ0n) is 15.3. The number of likely N-dealkylation sites (tertiary alicyclic amines) is 1. The molecule has 0 radical (unpaired) electrons. The highest BCUT2D eigenvalue weighted by molar-refractivity contribution is 7.89. The van der Waals surface area contributed by atoms with Crippen LogP contribution in [-0.4, -0.2) is 62.5 Å². The highest BCUT2D eigenvalue weighted by Gasteiger charge is 2.25. The van der Waals surface area contributed by atoms with Crippen LogP contribution in [0.4, 0.5) is 0 Å². The van der Waals surface area contributed by atoms with E-state index in [1.807, 2.05) is 4.90 Å². The maximum Gasteiger partial charge on any atom is 0.242 e. The maximum absolute atomic E-state index is 12.6. The third-order valence-electron chi connectivity index (χ3n) is 4.80. The lowest BCUT2D eigenvalue weighted by atomic mass is 10.1. The van der Waals surface area contributed by atoms with Crippen molar-refractivity contribution in [2.45, 2.75) is 31.1 Å². The monoisotopic (exact) mass is 381 g/mol. The fourth-order valence-electron chi connectivity index (χ4n) is 3.02. The van der Waals surface area contributed by atoms with Crippen LogP contribution in [0.2, 0.25) is 0 Å². The van der Waals surface area contributed by atoms with Crippen molar-refractivity contribution >= 4 is 21.7 Å². The van der Waals surface area contributed by atoms with E-state index < -0.39 is 10.0 Å². The number of carbonyl (C=O) groups is 2. The fourth-order valence-corrected chi connectivity index (χ4v) is 4.23. The minimum absolute atomic E-state index is 0.0533. The molecule has 1 aromatic carbocycles. The third kappa shape index (κ3) is 4.90. The van der Waals surface area contributed by atoms with Crippen LogP contribution in [0.1, 0.15) is 36.5 Å². The van der Waals surface area contributed by atoms with Gasteiger partial charge in [0.05, 0.1) is 4.90 Å². The molecule has 1 atom stereocenters. The molecule has 1 fully saturated rings. The molecule has 1 aromatic rings. The van der Waals surface area contributed by atoms with Crippen molar-refractivity contribution in [1.29, 1.82) is 0 Å². The molecule has 1 unspecified atom stereocenters. The Hall–Kier alpha value is -1.77. The molecule has 0 saturated carbocycles. The molecule has 0 spiro atoms. The number of hydrogen-bond donors (Lipinski definition) is 1. The molecule has 2 rings (SSSR count). The van der Waals surface area contributed by atoms with E-state index in [0.717, 1.165) is 13.0 Å². The van der Waals surface area contributed by atoms with Gasteiger partial charge in [-0.25, -0.2) is 12.7 Å². The number of benzene rings is 1. The Morgan fingerprint density at radius 3 is 2.46 bits per heavy atom. The second-order valence-electron chi connectivity index (χ2n) is 6.74. The molecule has 1 saturated heterocycles. The lowest BCUT2D eigenvalue weighted by Crippen LogP contribution is -2.32. The molecule has 2 N–H and O–H groups in total. The summed E-state index contributed by atoms with van der Waals surface area (Å²) in [5.41, 5.74) is 6.11. The topological polar surface area (TPSA) is 101 Å². The van der Waals surface area contributed by atoms with E-state index in [1.165, 1.54) is 42.5 Å². The van der Waals surface area contributed by atoms with Gasteiger partial charge in [0.15, 0.2) is 5.78 Å². The number of Topliss-reactive ketones (excluding diaryl/α,β-unsaturated/α-hetero) is 1. The van der Waals surface area contributed by atoms with Crippen LogP contribution in [0.25, 0.3) is 0 Å². The summed E-state index contributed by atoms with van der Waals surface area (Å²) in [6.07, 6.45) is 1.72. The van der Waals surface area contributed by atoms with E-state index in [9.17, 15) is 18.0 Å². The Morgan fingerprint density at radius 2 is 1.92 bits per heavy atom. The van der Waals surface area contributed by atoms with Crippen LogP contribution in [-0.2, 0) is 14.8 Å². The van der Waals surface area contributed by atoms with Gasteiger partial charge < -0.3 is 10.6 Å². The van der Waals surface area contributed by atoms with Gasteiger partial charge in [-0.3, -0.25) is 9.59 Å². The molecule has 7 nitrogen and oxygen atoms in total. The first-order chi connectivity index (χ1) is 12.3. The summed E-state index contributed by atoms with van der Waals surface area (Å²) in [6.45, 7) is 3.72. The van der Waals surface area contributed by atoms with E-state index in [4.69, 9.17) is 5.73 Å². The van der Waals surface area contributed by atoms with Crippen LogP contribution < -0.4 is 5.73 Å². The molecule has 1 heterocycles. The quantitative estimate of drug-likeness (QED) is 0.680. The maximum atomic E-state index is 12.6. The molecular weight excluding hydrogens is 354 g/mol. The van der Waals surface area contributed by atoms with Crippen LogP contribution in [0, 0.1) is 5.92 Å². The SMILES string of the molecule is CC(=O)c1ccc(S(=O)(=O)N(C)CCCC(=O)N2CCC(CN)C2)cc1. The third-order valence-corrected chi connectivity index (χ3v) is 6.68. The summed E-state index contributed by atoms with van der Waals surface area (Å²) in [5, 5.41) is 0. The van der Waals surface area contributed by atoms with Crippen LogP contribution in [0.5, 0.6) is 0 Å². The van der Waals surface area contributed by atoms with Crippen LogP contribution in [0.15, 0.2) is 29.2 Å². The first-order valence-corrected chi connectivity index (χ1v) is 10.2. The number of carbonyl (C=O) groups excluding carboxylic acids is 2. The highest BCUT2D eigenvalue weighted by Crippen LogP contribution is 2.18. The van der Waals surface area contributed by atoms with E-state index in [0.29, 0.717) is 37.4 Å². The van der Waals surface area contributed by atoms with Crippen molar-refractivity contribution in [2.24, 2.45) is 11.7 Å². The molecule has 0 aromatic heterocycles. The Labute approximate surface area is 155 Å². The van der Waals surface area contributed by atoms with E-state index in [1.54, 1.807) is 0 Å². The number of amides is 1. The van der Waals surface area contributed by atoms with Gasteiger partial charge in [0.2, 0.25) is 15.9 Å². The standard InChI is InChI=1S/C18H27N3O4S/c1-14(22)16-5-7-17(8-6-16)26(24,25)20(2)10-3-4-18(23)21-11-9-15(12-19)13-21/h5-8,15H,3-4,9-13,19H2,1-2H3. The number of nitrogens with zero attached hydrogens (tertiary/aromatic N) is 2. The second kappa shape index (κ2) is 8.75. The van der Waals surface area contributed by atoms with Crippen LogP contribution >= 0.6 is 0 Å². The van der Waals surface area contributed by atoms with Crippen molar-refractivity contribution in [3.8, 4) is 0 Å². The lowest BCUT2D eigenvalue weighted by molar-refractivity contribution is -0.130. The molecule has 1 amide bonds. The summed E-state index contributed by atoms with van der Waals surface area (Å²) in [5.74, 6) is 0.317. The normalized spacial score (nSPS) is 17.7. The highest BCUT2D eigenvalue weighted by atomic mass is 32.2. The predicted octanol–water partition coefficient (Wildman–Crippen LogP) is 1.10. The van der Waals surface area contributed by atoms with Crippen molar-refractivity contribution in [1.82, 2.24) is 9.21 Å². The smallest absolute Gasteiger partial charge is 0.242 e. The van der Waals surface area contributed by atoms with Gasteiger partial charge in [0.25, 0.3) is 0 Å². The minimum atomic E-state index is -3.63.